The van der Waals surface area contributed by atoms with Gasteiger partial charge in [-0.1, -0.05) is 11.3 Å². The smallest absolute Gasteiger partial charge is 0.237 e. The number of aryl methyl sites for hydroxylation is 2. The van der Waals surface area contributed by atoms with Gasteiger partial charge in [-0.05, 0) is 62.8 Å². The van der Waals surface area contributed by atoms with E-state index in [9.17, 15) is 4.79 Å². The molecule has 1 aliphatic heterocycles. The van der Waals surface area contributed by atoms with Crippen molar-refractivity contribution in [1.82, 2.24) is 25.2 Å². The molecule has 1 fully saturated rings. The topological polar surface area (TPSA) is 63.1 Å². The third-order valence-electron chi connectivity index (χ3n) is 5.48. The first-order valence-electron chi connectivity index (χ1n) is 9.20. The van der Waals surface area contributed by atoms with Crippen molar-refractivity contribution in [2.45, 2.75) is 51.6 Å². The zero-order chi connectivity index (χ0) is 17.4. The van der Waals surface area contributed by atoms with Gasteiger partial charge in [-0.2, -0.15) is 0 Å². The fraction of sp³-hybridized carbons (Fsp3) is 0.526. The van der Waals surface area contributed by atoms with Gasteiger partial charge in [0.2, 0.25) is 5.91 Å². The zero-order valence-corrected chi connectivity index (χ0v) is 14.9. The van der Waals surface area contributed by atoms with E-state index in [2.05, 4.69) is 38.7 Å². The molecule has 1 aromatic heterocycles. The van der Waals surface area contributed by atoms with Gasteiger partial charge in [0.25, 0.3) is 0 Å². The second-order valence-corrected chi connectivity index (χ2v) is 7.19. The van der Waals surface area contributed by atoms with E-state index in [4.69, 9.17) is 0 Å². The van der Waals surface area contributed by atoms with Gasteiger partial charge < -0.3 is 5.32 Å². The zero-order valence-electron chi connectivity index (χ0n) is 14.9. The van der Waals surface area contributed by atoms with Crippen molar-refractivity contribution in [2.75, 3.05) is 13.1 Å². The van der Waals surface area contributed by atoms with Crippen LogP contribution >= 0.6 is 0 Å². The Morgan fingerprint density at radius 1 is 1.16 bits per heavy atom. The van der Waals surface area contributed by atoms with E-state index in [1.165, 1.54) is 30.4 Å². The van der Waals surface area contributed by atoms with Gasteiger partial charge in [0, 0.05) is 13.1 Å². The molecule has 0 spiro atoms. The number of carbonyl (C=O) groups excluding carboxylic acids is 1. The lowest BCUT2D eigenvalue weighted by atomic mass is 10.1. The second-order valence-electron chi connectivity index (χ2n) is 7.19. The fourth-order valence-electron chi connectivity index (χ4n) is 3.60. The van der Waals surface area contributed by atoms with Crippen LogP contribution in [-0.4, -0.2) is 44.9 Å². The Hall–Kier alpha value is -2.21. The van der Waals surface area contributed by atoms with E-state index in [1.807, 2.05) is 20.0 Å². The van der Waals surface area contributed by atoms with Crippen molar-refractivity contribution in [3.8, 4) is 5.69 Å². The van der Waals surface area contributed by atoms with Crippen LogP contribution in [0.5, 0.6) is 0 Å². The molecule has 1 aliphatic carbocycles. The van der Waals surface area contributed by atoms with Crippen LogP contribution in [0.2, 0.25) is 0 Å². The first kappa shape index (κ1) is 16.3. The number of nitrogens with zero attached hydrogens (tertiary/aromatic N) is 4. The summed E-state index contributed by atoms with van der Waals surface area (Å²) in [5, 5.41) is 11.6. The molecule has 0 bridgehead atoms. The van der Waals surface area contributed by atoms with Gasteiger partial charge in [0.05, 0.1) is 24.0 Å². The van der Waals surface area contributed by atoms with Gasteiger partial charge >= 0.3 is 0 Å². The monoisotopic (exact) mass is 339 g/mol. The van der Waals surface area contributed by atoms with Crippen LogP contribution in [0, 0.1) is 0 Å². The molecule has 1 amide bonds. The maximum atomic E-state index is 12.4. The number of hydrogen-bond acceptors (Lipinski definition) is 4. The molecule has 2 unspecified atom stereocenters. The van der Waals surface area contributed by atoms with Crippen molar-refractivity contribution in [2.24, 2.45) is 0 Å². The minimum absolute atomic E-state index is 0.0549. The van der Waals surface area contributed by atoms with E-state index < -0.39 is 0 Å². The van der Waals surface area contributed by atoms with Crippen LogP contribution in [0.3, 0.4) is 0 Å². The standard InChI is InChI=1S/C19H25N5O/c1-13(20-19(25)14(2)23-9-4-10-23)18-12-24(22-21-18)17-8-7-15-5-3-6-16(15)11-17/h7-8,11-14H,3-6,9-10H2,1-2H3,(H,20,25). The summed E-state index contributed by atoms with van der Waals surface area (Å²) in [6.45, 7) is 5.94. The highest BCUT2D eigenvalue weighted by Gasteiger charge is 2.27. The average molecular weight is 339 g/mol. The molecule has 6 nitrogen and oxygen atoms in total. The second kappa shape index (κ2) is 6.59. The predicted molar refractivity (Wildman–Crippen MR) is 95.6 cm³/mol. The molecule has 2 atom stereocenters. The summed E-state index contributed by atoms with van der Waals surface area (Å²) in [7, 11) is 0. The van der Waals surface area contributed by atoms with Gasteiger partial charge in [0.1, 0.15) is 5.69 Å². The van der Waals surface area contributed by atoms with Gasteiger partial charge in [-0.15, -0.1) is 5.10 Å². The van der Waals surface area contributed by atoms with Crippen molar-refractivity contribution in [3.05, 3.63) is 41.2 Å². The molecule has 0 saturated carbocycles. The molecule has 25 heavy (non-hydrogen) atoms. The van der Waals surface area contributed by atoms with Gasteiger partial charge in [0.15, 0.2) is 0 Å². The molecule has 2 aromatic rings. The Labute approximate surface area is 148 Å². The summed E-state index contributed by atoms with van der Waals surface area (Å²) in [6, 6.07) is 6.26. The van der Waals surface area contributed by atoms with E-state index in [-0.39, 0.29) is 18.0 Å². The maximum Gasteiger partial charge on any atom is 0.237 e. The Morgan fingerprint density at radius 2 is 1.96 bits per heavy atom. The highest BCUT2D eigenvalue weighted by atomic mass is 16.2. The summed E-state index contributed by atoms with van der Waals surface area (Å²) in [4.78, 5) is 14.5. The summed E-state index contributed by atoms with van der Waals surface area (Å²) in [6.07, 6.45) is 6.65. The number of aromatic nitrogens is 3. The number of nitrogens with one attached hydrogen (secondary N) is 1. The molecule has 6 heteroatoms. The summed E-state index contributed by atoms with van der Waals surface area (Å²) >= 11 is 0. The van der Waals surface area contributed by atoms with Crippen LogP contribution in [0.15, 0.2) is 24.4 Å². The lowest BCUT2D eigenvalue weighted by molar-refractivity contribution is -0.127. The van der Waals surface area contributed by atoms with E-state index in [0.29, 0.717) is 0 Å². The molecule has 2 heterocycles. The number of hydrogen-bond donors (Lipinski definition) is 1. The van der Waals surface area contributed by atoms with E-state index in [1.54, 1.807) is 4.68 Å². The minimum Gasteiger partial charge on any atom is -0.347 e. The van der Waals surface area contributed by atoms with Crippen LogP contribution in [0.4, 0.5) is 0 Å². The Balaban J connectivity index is 1.44. The molecule has 132 valence electrons. The fourth-order valence-corrected chi connectivity index (χ4v) is 3.60. The molecule has 0 radical (unpaired) electrons. The quantitative estimate of drug-likeness (QED) is 0.905. The number of carbonyl (C=O) groups is 1. The molecule has 4 rings (SSSR count). The third-order valence-corrected chi connectivity index (χ3v) is 5.48. The maximum absolute atomic E-state index is 12.4. The molecule has 1 saturated heterocycles. The summed E-state index contributed by atoms with van der Waals surface area (Å²) in [5.74, 6) is 0.0549. The van der Waals surface area contributed by atoms with Crippen molar-refractivity contribution in [1.29, 1.82) is 0 Å². The largest absolute Gasteiger partial charge is 0.347 e. The molecular formula is C19H25N5O. The van der Waals surface area contributed by atoms with Gasteiger partial charge in [-0.25, -0.2) is 4.68 Å². The van der Waals surface area contributed by atoms with Crippen LogP contribution in [0.25, 0.3) is 5.69 Å². The highest BCUT2D eigenvalue weighted by Crippen LogP contribution is 2.24. The lowest BCUT2D eigenvalue weighted by Crippen LogP contribution is -2.51. The third kappa shape index (κ3) is 3.18. The average Bonchev–Trinajstić information content (AvgIpc) is 3.21. The summed E-state index contributed by atoms with van der Waals surface area (Å²) in [5.41, 5.74) is 4.68. The number of fused-ring (bicyclic) bond motifs is 1. The molecule has 2 aliphatic rings. The van der Waals surface area contributed by atoms with E-state index >= 15 is 0 Å². The highest BCUT2D eigenvalue weighted by molar-refractivity contribution is 5.81. The van der Waals surface area contributed by atoms with Crippen LogP contribution in [0.1, 0.15) is 49.6 Å². The minimum atomic E-state index is -0.153. The van der Waals surface area contributed by atoms with Crippen molar-refractivity contribution >= 4 is 5.91 Å². The van der Waals surface area contributed by atoms with Gasteiger partial charge in [-0.3, -0.25) is 9.69 Å². The number of amides is 1. The number of likely N-dealkylation sites (tertiary alicyclic amines) is 1. The van der Waals surface area contributed by atoms with Crippen molar-refractivity contribution < 1.29 is 4.79 Å². The van der Waals surface area contributed by atoms with Crippen molar-refractivity contribution in [3.63, 3.8) is 0 Å². The Morgan fingerprint density at radius 3 is 2.72 bits per heavy atom. The lowest BCUT2D eigenvalue weighted by Gasteiger charge is -2.35. The van der Waals surface area contributed by atoms with E-state index in [0.717, 1.165) is 30.9 Å². The number of benzene rings is 1. The SMILES string of the molecule is CC(NC(=O)C(C)N1CCC1)c1cn(-c2ccc3c(c2)CCC3)nn1. The van der Waals surface area contributed by atoms with Crippen LogP contribution < -0.4 is 5.32 Å². The first-order valence-corrected chi connectivity index (χ1v) is 9.20. The molecular weight excluding hydrogens is 314 g/mol. The normalized spacial score (nSPS) is 19.1. The molecule has 1 aromatic carbocycles. The van der Waals surface area contributed by atoms with Crippen LogP contribution in [-0.2, 0) is 17.6 Å². The first-order chi connectivity index (χ1) is 12.1. The Kier molecular flexibility index (Phi) is 4.29. The summed E-state index contributed by atoms with van der Waals surface area (Å²) < 4.78 is 1.80. The number of rotatable bonds is 5. The Bertz CT molecular complexity index is 780. The predicted octanol–water partition coefficient (Wildman–Crippen LogP) is 2.03. The molecule has 1 N–H and O–H groups in total.